The van der Waals surface area contributed by atoms with Crippen LogP contribution in [0.15, 0.2) is 53.4 Å². The summed E-state index contributed by atoms with van der Waals surface area (Å²) in [6.07, 6.45) is 3.79. The first-order valence-corrected chi connectivity index (χ1v) is 14.8. The van der Waals surface area contributed by atoms with Gasteiger partial charge in [0.25, 0.3) is 5.92 Å². The summed E-state index contributed by atoms with van der Waals surface area (Å²) < 4.78 is 50.7. The van der Waals surface area contributed by atoms with Crippen molar-refractivity contribution in [2.75, 3.05) is 0 Å². The second kappa shape index (κ2) is 9.39. The van der Waals surface area contributed by atoms with Gasteiger partial charge in [-0.3, -0.25) is 4.79 Å². The third kappa shape index (κ3) is 4.69. The van der Waals surface area contributed by atoms with Crippen LogP contribution in [0.1, 0.15) is 62.5 Å². The molecule has 5 rings (SSSR count). The van der Waals surface area contributed by atoms with Gasteiger partial charge in [0.1, 0.15) is 0 Å². The zero-order chi connectivity index (χ0) is 25.7. The molecule has 194 valence electrons. The van der Waals surface area contributed by atoms with Crippen LogP contribution in [0.3, 0.4) is 0 Å². The summed E-state index contributed by atoms with van der Waals surface area (Å²) >= 11 is 6.06. The lowest BCUT2D eigenvalue weighted by molar-refractivity contribution is -0.139. The smallest absolute Gasteiger partial charge is 0.254 e. The normalized spacial score (nSPS) is 30.6. The molecule has 2 aromatic rings. The number of hydrogen-bond donors (Lipinski definition) is 1. The summed E-state index contributed by atoms with van der Waals surface area (Å²) in [5, 5.41) is 0.0539. The summed E-state index contributed by atoms with van der Waals surface area (Å²) in [6, 6.07) is 14.4. The predicted molar refractivity (Wildman–Crippen MR) is 138 cm³/mol. The van der Waals surface area contributed by atoms with Crippen LogP contribution in [0.5, 0.6) is 0 Å². The van der Waals surface area contributed by atoms with E-state index in [1.54, 1.807) is 24.3 Å². The van der Waals surface area contributed by atoms with Crippen molar-refractivity contribution in [3.05, 3.63) is 64.7 Å². The van der Waals surface area contributed by atoms with Crippen molar-refractivity contribution in [2.45, 2.75) is 86.9 Å². The molecule has 0 radical (unpaired) electrons. The molecule has 0 unspecified atom stereocenters. The lowest BCUT2D eigenvalue weighted by Crippen LogP contribution is -2.47. The van der Waals surface area contributed by atoms with Crippen LogP contribution in [-0.4, -0.2) is 32.2 Å². The molecule has 3 aliphatic carbocycles. The Hall–Kier alpha value is -1.99. The van der Waals surface area contributed by atoms with Gasteiger partial charge in [-0.15, -0.1) is 0 Å². The van der Waals surface area contributed by atoms with Gasteiger partial charge in [0, 0.05) is 34.3 Å². The van der Waals surface area contributed by atoms with Crippen molar-refractivity contribution >= 4 is 27.2 Å². The van der Waals surface area contributed by atoms with Gasteiger partial charge < -0.3 is 4.90 Å². The molecule has 2 aromatic carbocycles. The lowest BCUT2D eigenvalue weighted by Gasteiger charge is -2.39. The maximum absolute atomic E-state index is 14.1. The van der Waals surface area contributed by atoms with Crippen LogP contribution in [-0.2, 0) is 21.1 Å². The molecule has 3 fully saturated rings. The molecule has 0 bridgehead atoms. The summed E-state index contributed by atoms with van der Waals surface area (Å²) in [5.74, 6) is -3.19. The average Bonchev–Trinajstić information content (AvgIpc) is 3.16. The standard InChI is InChI=1S/C28H33ClF2N2O2S/c1-19-5-11-23(12-6-19)36(32,35)25-4-2-3-24(25)26(34)33(17-20-7-9-21(29)10-8-20)22-13-15-27(16-14-22)18-28(27,30)31/h5-12,22,24-25,32H,2-4,13-18H2,1H3/t22?,24-,25-,27?,36+/m1/s1. The number of carbonyl (C=O) groups is 1. The highest BCUT2D eigenvalue weighted by molar-refractivity contribution is 7.93. The van der Waals surface area contributed by atoms with Gasteiger partial charge in [0.15, 0.2) is 0 Å². The molecule has 1 spiro atoms. The molecule has 3 saturated carbocycles. The Kier molecular flexibility index (Phi) is 6.69. The topological polar surface area (TPSA) is 61.2 Å². The minimum Gasteiger partial charge on any atom is -0.335 e. The molecule has 4 nitrogen and oxygen atoms in total. The third-order valence-corrected chi connectivity index (χ3v) is 11.3. The van der Waals surface area contributed by atoms with Gasteiger partial charge in [0.05, 0.1) is 20.9 Å². The van der Waals surface area contributed by atoms with Crippen molar-refractivity contribution in [2.24, 2.45) is 11.3 Å². The highest BCUT2D eigenvalue weighted by Crippen LogP contribution is 2.67. The van der Waals surface area contributed by atoms with Crippen LogP contribution < -0.4 is 0 Å². The van der Waals surface area contributed by atoms with Crippen molar-refractivity contribution in [3.8, 4) is 0 Å². The molecule has 3 aliphatic rings. The van der Waals surface area contributed by atoms with E-state index in [4.69, 9.17) is 16.4 Å². The third-order valence-electron chi connectivity index (χ3n) is 8.68. The first-order valence-electron chi connectivity index (χ1n) is 12.8. The Bertz CT molecular complexity index is 1220. The molecule has 3 atom stereocenters. The van der Waals surface area contributed by atoms with E-state index in [-0.39, 0.29) is 18.4 Å². The van der Waals surface area contributed by atoms with E-state index in [0.717, 1.165) is 17.5 Å². The lowest BCUT2D eigenvalue weighted by atomic mass is 9.81. The Balaban J connectivity index is 1.40. The molecule has 8 heteroatoms. The second-order valence-electron chi connectivity index (χ2n) is 11.0. The highest BCUT2D eigenvalue weighted by Gasteiger charge is 2.70. The molecular weight excluding hydrogens is 502 g/mol. The van der Waals surface area contributed by atoms with E-state index >= 15 is 0 Å². The number of hydrogen-bond acceptors (Lipinski definition) is 3. The Labute approximate surface area is 217 Å². The van der Waals surface area contributed by atoms with E-state index in [1.165, 1.54) is 0 Å². The summed E-state index contributed by atoms with van der Waals surface area (Å²) in [6.45, 7) is 2.30. The van der Waals surface area contributed by atoms with E-state index in [2.05, 4.69) is 0 Å². The minimum atomic E-state index is -3.18. The van der Waals surface area contributed by atoms with Crippen LogP contribution in [0.25, 0.3) is 0 Å². The van der Waals surface area contributed by atoms with Crippen molar-refractivity contribution in [1.82, 2.24) is 4.90 Å². The molecule has 0 aromatic heterocycles. The van der Waals surface area contributed by atoms with E-state index in [1.807, 2.05) is 36.1 Å². The monoisotopic (exact) mass is 534 g/mol. The SMILES string of the molecule is Cc1ccc([S@](=N)(=O)[C@@H]2CCC[C@H]2C(=O)N(Cc2ccc(Cl)cc2)C2CCC3(CC2)CC3(F)F)cc1. The zero-order valence-corrected chi connectivity index (χ0v) is 22.1. The molecule has 0 heterocycles. The van der Waals surface area contributed by atoms with E-state index in [0.29, 0.717) is 55.0 Å². The summed E-state index contributed by atoms with van der Waals surface area (Å²) in [4.78, 5) is 16.4. The Morgan fingerprint density at radius 2 is 1.67 bits per heavy atom. The molecule has 0 saturated heterocycles. The molecule has 0 aliphatic heterocycles. The van der Waals surface area contributed by atoms with Crippen LogP contribution in [0.4, 0.5) is 8.78 Å². The number of nitrogens with zero attached hydrogens (tertiary/aromatic N) is 1. The van der Waals surface area contributed by atoms with Crippen LogP contribution >= 0.6 is 11.6 Å². The van der Waals surface area contributed by atoms with E-state index < -0.39 is 32.2 Å². The van der Waals surface area contributed by atoms with Gasteiger partial charge in [0.2, 0.25) is 5.91 Å². The van der Waals surface area contributed by atoms with E-state index in [9.17, 15) is 17.8 Å². The van der Waals surface area contributed by atoms with Crippen molar-refractivity contribution in [1.29, 1.82) is 4.78 Å². The van der Waals surface area contributed by atoms with Crippen molar-refractivity contribution < 1.29 is 17.8 Å². The fraction of sp³-hybridized carbons (Fsp3) is 0.536. The Morgan fingerprint density at radius 3 is 2.25 bits per heavy atom. The van der Waals surface area contributed by atoms with Crippen molar-refractivity contribution in [3.63, 3.8) is 0 Å². The number of benzene rings is 2. The average molecular weight is 535 g/mol. The Morgan fingerprint density at radius 1 is 1.06 bits per heavy atom. The van der Waals surface area contributed by atoms with Gasteiger partial charge in [-0.2, -0.15) is 0 Å². The largest absolute Gasteiger partial charge is 0.335 e. The summed E-state index contributed by atoms with van der Waals surface area (Å²) in [5.41, 5.74) is 1.07. The van der Waals surface area contributed by atoms with Gasteiger partial charge in [-0.05, 0) is 75.3 Å². The quantitative estimate of drug-likeness (QED) is 0.425. The molecule has 1 N–H and O–H groups in total. The number of aryl methyl sites for hydroxylation is 1. The fourth-order valence-corrected chi connectivity index (χ4v) is 8.53. The summed E-state index contributed by atoms with van der Waals surface area (Å²) in [7, 11) is -3.18. The number of halogens is 3. The van der Waals surface area contributed by atoms with Crippen LogP contribution in [0, 0.1) is 23.0 Å². The zero-order valence-electron chi connectivity index (χ0n) is 20.5. The predicted octanol–water partition coefficient (Wildman–Crippen LogP) is 7.22. The minimum absolute atomic E-state index is 0.0417. The molecular formula is C28H33ClF2N2O2S. The van der Waals surface area contributed by atoms with Crippen LogP contribution in [0.2, 0.25) is 5.02 Å². The number of rotatable bonds is 6. The number of carbonyl (C=O) groups excluding carboxylic acids is 1. The maximum Gasteiger partial charge on any atom is 0.254 e. The van der Waals surface area contributed by atoms with Gasteiger partial charge in [-0.25, -0.2) is 17.8 Å². The number of amides is 1. The molecule has 36 heavy (non-hydrogen) atoms. The number of nitrogens with one attached hydrogen (secondary N) is 1. The number of alkyl halides is 2. The molecule has 1 amide bonds. The first kappa shape index (κ1) is 25.7. The second-order valence-corrected chi connectivity index (χ2v) is 13.7. The van der Waals surface area contributed by atoms with Gasteiger partial charge >= 0.3 is 0 Å². The highest BCUT2D eigenvalue weighted by atomic mass is 35.5. The first-order chi connectivity index (χ1) is 17.0. The van der Waals surface area contributed by atoms with Gasteiger partial charge in [-0.1, -0.05) is 47.9 Å². The maximum atomic E-state index is 14.1. The fourth-order valence-electron chi connectivity index (χ4n) is 6.30.